The van der Waals surface area contributed by atoms with Crippen molar-refractivity contribution in [3.63, 3.8) is 0 Å². The third-order valence-electron chi connectivity index (χ3n) is 3.21. The lowest BCUT2D eigenvalue weighted by Crippen LogP contribution is -2.41. The summed E-state index contributed by atoms with van der Waals surface area (Å²) >= 11 is 0. The van der Waals surface area contributed by atoms with Crippen molar-refractivity contribution in [1.82, 2.24) is 5.32 Å². The number of hydrogen-bond donors (Lipinski definition) is 2. The maximum absolute atomic E-state index is 11.7. The zero-order valence-corrected chi connectivity index (χ0v) is 12.0. The van der Waals surface area contributed by atoms with E-state index in [1.807, 2.05) is 30.3 Å². The number of carboxylic acids is 1. The number of carbonyl (C=O) groups excluding carboxylic acids is 1. The van der Waals surface area contributed by atoms with Gasteiger partial charge in [0.15, 0.2) is 0 Å². The molecular formula is C16H23NO3. The van der Waals surface area contributed by atoms with Crippen molar-refractivity contribution in [2.24, 2.45) is 0 Å². The Hall–Kier alpha value is -1.84. The highest BCUT2D eigenvalue weighted by atomic mass is 16.4. The lowest BCUT2D eigenvalue weighted by atomic mass is 10.0. The Labute approximate surface area is 120 Å². The van der Waals surface area contributed by atoms with Gasteiger partial charge < -0.3 is 10.4 Å². The molecule has 0 spiro atoms. The lowest BCUT2D eigenvalue weighted by molar-refractivity contribution is -0.142. The molecule has 0 heterocycles. The molecule has 4 heteroatoms. The summed E-state index contributed by atoms with van der Waals surface area (Å²) in [5, 5.41) is 11.8. The SMILES string of the molecule is CCCCCC(=O)N[C@H](CCc1ccccc1)C(=O)O. The molecule has 0 radical (unpaired) electrons. The molecule has 0 bridgehead atoms. The van der Waals surface area contributed by atoms with Crippen molar-refractivity contribution in [3.8, 4) is 0 Å². The number of nitrogens with one attached hydrogen (secondary N) is 1. The summed E-state index contributed by atoms with van der Waals surface area (Å²) in [4.78, 5) is 22.8. The van der Waals surface area contributed by atoms with E-state index >= 15 is 0 Å². The van der Waals surface area contributed by atoms with Crippen molar-refractivity contribution in [1.29, 1.82) is 0 Å². The summed E-state index contributed by atoms with van der Waals surface area (Å²) in [7, 11) is 0. The van der Waals surface area contributed by atoms with Gasteiger partial charge in [0.1, 0.15) is 6.04 Å². The third-order valence-corrected chi connectivity index (χ3v) is 3.21. The number of carbonyl (C=O) groups is 2. The van der Waals surface area contributed by atoms with Gasteiger partial charge in [-0.25, -0.2) is 4.79 Å². The number of rotatable bonds is 9. The van der Waals surface area contributed by atoms with Crippen LogP contribution in [-0.2, 0) is 16.0 Å². The van der Waals surface area contributed by atoms with Crippen LogP contribution >= 0.6 is 0 Å². The number of hydrogen-bond acceptors (Lipinski definition) is 2. The molecule has 4 nitrogen and oxygen atoms in total. The minimum atomic E-state index is -0.968. The smallest absolute Gasteiger partial charge is 0.326 e. The van der Waals surface area contributed by atoms with E-state index in [1.54, 1.807) is 0 Å². The summed E-state index contributed by atoms with van der Waals surface area (Å²) in [5.41, 5.74) is 1.08. The Morgan fingerprint density at radius 1 is 1.20 bits per heavy atom. The molecule has 0 unspecified atom stereocenters. The summed E-state index contributed by atoms with van der Waals surface area (Å²) < 4.78 is 0. The number of amides is 1. The van der Waals surface area contributed by atoms with E-state index in [-0.39, 0.29) is 5.91 Å². The second-order valence-electron chi connectivity index (χ2n) is 4.94. The first-order valence-corrected chi connectivity index (χ1v) is 7.19. The minimum Gasteiger partial charge on any atom is -0.480 e. The van der Waals surface area contributed by atoms with Gasteiger partial charge in [0, 0.05) is 6.42 Å². The average Bonchev–Trinajstić information content (AvgIpc) is 2.44. The fraction of sp³-hybridized carbons (Fsp3) is 0.500. The van der Waals surface area contributed by atoms with Gasteiger partial charge in [-0.2, -0.15) is 0 Å². The molecule has 0 aliphatic carbocycles. The largest absolute Gasteiger partial charge is 0.480 e. The maximum Gasteiger partial charge on any atom is 0.326 e. The Balaban J connectivity index is 2.40. The molecule has 110 valence electrons. The van der Waals surface area contributed by atoms with Crippen LogP contribution < -0.4 is 5.32 Å². The highest BCUT2D eigenvalue weighted by molar-refractivity contribution is 5.83. The highest BCUT2D eigenvalue weighted by Gasteiger charge is 2.19. The molecule has 0 fully saturated rings. The van der Waals surface area contributed by atoms with Crippen LogP contribution in [0.25, 0.3) is 0 Å². The molecular weight excluding hydrogens is 254 g/mol. The van der Waals surface area contributed by atoms with Crippen molar-refractivity contribution < 1.29 is 14.7 Å². The van der Waals surface area contributed by atoms with E-state index in [2.05, 4.69) is 12.2 Å². The quantitative estimate of drug-likeness (QED) is 0.682. The Morgan fingerprint density at radius 2 is 1.90 bits per heavy atom. The van der Waals surface area contributed by atoms with Crippen LogP contribution in [0.1, 0.15) is 44.6 Å². The number of benzene rings is 1. The highest BCUT2D eigenvalue weighted by Crippen LogP contribution is 2.06. The van der Waals surface area contributed by atoms with Gasteiger partial charge in [0.25, 0.3) is 0 Å². The van der Waals surface area contributed by atoms with Crippen LogP contribution in [-0.4, -0.2) is 23.0 Å². The van der Waals surface area contributed by atoms with Crippen molar-refractivity contribution in [2.45, 2.75) is 51.5 Å². The van der Waals surface area contributed by atoms with Crippen LogP contribution in [0.3, 0.4) is 0 Å². The second kappa shape index (κ2) is 9.13. The zero-order valence-electron chi connectivity index (χ0n) is 12.0. The van der Waals surface area contributed by atoms with Gasteiger partial charge in [-0.3, -0.25) is 4.79 Å². The van der Waals surface area contributed by atoms with Gasteiger partial charge >= 0.3 is 5.97 Å². The monoisotopic (exact) mass is 277 g/mol. The summed E-state index contributed by atoms with van der Waals surface area (Å²) in [6.45, 7) is 2.07. The lowest BCUT2D eigenvalue weighted by Gasteiger charge is -2.14. The average molecular weight is 277 g/mol. The molecule has 1 aromatic rings. The third kappa shape index (κ3) is 6.36. The van der Waals surface area contributed by atoms with Crippen molar-refractivity contribution >= 4 is 11.9 Å². The van der Waals surface area contributed by atoms with Crippen molar-refractivity contribution in [2.75, 3.05) is 0 Å². The zero-order chi connectivity index (χ0) is 14.8. The molecule has 1 amide bonds. The Bertz CT molecular complexity index is 417. The second-order valence-corrected chi connectivity index (χ2v) is 4.94. The molecule has 1 aromatic carbocycles. The molecule has 0 aromatic heterocycles. The van der Waals surface area contributed by atoms with E-state index in [1.165, 1.54) is 0 Å². The number of aliphatic carboxylic acids is 1. The van der Waals surface area contributed by atoms with Gasteiger partial charge in [-0.05, 0) is 24.8 Å². The summed E-state index contributed by atoms with van der Waals surface area (Å²) in [5.74, 6) is -1.14. The first-order valence-electron chi connectivity index (χ1n) is 7.19. The fourth-order valence-corrected chi connectivity index (χ4v) is 2.02. The predicted octanol–water partition coefficient (Wildman–Crippen LogP) is 2.77. The van der Waals surface area contributed by atoms with Crippen molar-refractivity contribution in [3.05, 3.63) is 35.9 Å². The molecule has 1 rings (SSSR count). The normalized spacial score (nSPS) is 11.8. The molecule has 0 aliphatic heterocycles. The molecule has 20 heavy (non-hydrogen) atoms. The summed E-state index contributed by atoms with van der Waals surface area (Å²) in [6.07, 6.45) is 4.32. The van der Waals surface area contributed by atoms with Gasteiger partial charge in [-0.15, -0.1) is 0 Å². The van der Waals surface area contributed by atoms with Crippen LogP contribution in [0.5, 0.6) is 0 Å². The maximum atomic E-state index is 11.7. The molecule has 0 aliphatic rings. The van der Waals surface area contributed by atoms with E-state index in [9.17, 15) is 9.59 Å². The molecule has 1 atom stereocenters. The summed E-state index contributed by atoms with van der Waals surface area (Å²) in [6, 6.07) is 8.89. The topological polar surface area (TPSA) is 66.4 Å². The predicted molar refractivity (Wildman–Crippen MR) is 78.5 cm³/mol. The Morgan fingerprint density at radius 3 is 2.50 bits per heavy atom. The van der Waals surface area contributed by atoms with Gasteiger partial charge in [0.2, 0.25) is 5.91 Å². The standard InChI is InChI=1S/C16H23NO3/c1-2-3-5-10-15(18)17-14(16(19)20)12-11-13-8-6-4-7-9-13/h4,6-9,14H,2-3,5,10-12H2,1H3,(H,17,18)(H,19,20)/t14-/m1/s1. The van der Waals surface area contributed by atoms with Gasteiger partial charge in [-0.1, -0.05) is 50.1 Å². The van der Waals surface area contributed by atoms with Crippen LogP contribution in [0, 0.1) is 0 Å². The first-order chi connectivity index (χ1) is 9.63. The number of aryl methyl sites for hydroxylation is 1. The Kier molecular flexibility index (Phi) is 7.40. The first kappa shape index (κ1) is 16.2. The number of carboxylic acid groups (broad SMARTS) is 1. The van der Waals surface area contributed by atoms with E-state index < -0.39 is 12.0 Å². The van der Waals surface area contributed by atoms with E-state index in [4.69, 9.17) is 5.11 Å². The van der Waals surface area contributed by atoms with Crippen LogP contribution in [0.15, 0.2) is 30.3 Å². The number of unbranched alkanes of at least 4 members (excludes halogenated alkanes) is 2. The van der Waals surface area contributed by atoms with Crippen LogP contribution in [0.4, 0.5) is 0 Å². The van der Waals surface area contributed by atoms with Gasteiger partial charge in [0.05, 0.1) is 0 Å². The van der Waals surface area contributed by atoms with E-state index in [0.29, 0.717) is 19.3 Å². The fourth-order valence-electron chi connectivity index (χ4n) is 2.02. The van der Waals surface area contributed by atoms with Crippen LogP contribution in [0.2, 0.25) is 0 Å². The van der Waals surface area contributed by atoms with E-state index in [0.717, 1.165) is 24.8 Å². The molecule has 0 saturated heterocycles. The molecule has 2 N–H and O–H groups in total. The minimum absolute atomic E-state index is 0.168. The molecule has 0 saturated carbocycles.